The SMILES string of the molecule is O=C(O)CCCNC(=O)CCCCc1ccc2c(n1)NCCC2. The molecule has 23 heavy (non-hydrogen) atoms. The lowest BCUT2D eigenvalue weighted by Gasteiger charge is -2.17. The van der Waals surface area contributed by atoms with Gasteiger partial charge in [-0.15, -0.1) is 0 Å². The van der Waals surface area contributed by atoms with E-state index in [1.807, 2.05) is 0 Å². The second kappa shape index (κ2) is 9.12. The van der Waals surface area contributed by atoms with Crippen molar-refractivity contribution in [3.8, 4) is 0 Å². The molecule has 2 heterocycles. The highest BCUT2D eigenvalue weighted by molar-refractivity contribution is 5.75. The predicted molar refractivity (Wildman–Crippen MR) is 88.5 cm³/mol. The molecule has 0 radical (unpaired) electrons. The molecule has 1 aromatic rings. The largest absolute Gasteiger partial charge is 0.481 e. The lowest BCUT2D eigenvalue weighted by molar-refractivity contribution is -0.137. The Morgan fingerprint density at radius 1 is 1.22 bits per heavy atom. The Morgan fingerprint density at radius 2 is 2.09 bits per heavy atom. The molecule has 0 unspecified atom stereocenters. The molecule has 1 aromatic heterocycles. The molecule has 0 aliphatic carbocycles. The van der Waals surface area contributed by atoms with Crippen molar-refractivity contribution in [1.29, 1.82) is 0 Å². The summed E-state index contributed by atoms with van der Waals surface area (Å²) in [4.78, 5) is 26.6. The van der Waals surface area contributed by atoms with Gasteiger partial charge in [-0.3, -0.25) is 9.59 Å². The summed E-state index contributed by atoms with van der Waals surface area (Å²) in [5.74, 6) is 0.187. The minimum absolute atomic E-state index is 0.00421. The van der Waals surface area contributed by atoms with Crippen molar-refractivity contribution < 1.29 is 14.7 Å². The Morgan fingerprint density at radius 3 is 2.91 bits per heavy atom. The highest BCUT2D eigenvalue weighted by atomic mass is 16.4. The Hall–Kier alpha value is -2.11. The zero-order valence-electron chi connectivity index (χ0n) is 13.4. The van der Waals surface area contributed by atoms with Gasteiger partial charge in [0.25, 0.3) is 0 Å². The van der Waals surface area contributed by atoms with Crippen LogP contribution < -0.4 is 10.6 Å². The van der Waals surface area contributed by atoms with Crippen LogP contribution in [-0.4, -0.2) is 35.1 Å². The quantitative estimate of drug-likeness (QED) is 0.607. The lowest BCUT2D eigenvalue weighted by atomic mass is 10.1. The van der Waals surface area contributed by atoms with Gasteiger partial charge in [0.1, 0.15) is 5.82 Å². The fourth-order valence-corrected chi connectivity index (χ4v) is 2.66. The molecule has 126 valence electrons. The molecule has 3 N–H and O–H groups in total. The molecule has 1 aliphatic heterocycles. The molecule has 6 nitrogen and oxygen atoms in total. The highest BCUT2D eigenvalue weighted by Crippen LogP contribution is 2.20. The van der Waals surface area contributed by atoms with Crippen molar-refractivity contribution in [3.63, 3.8) is 0 Å². The van der Waals surface area contributed by atoms with Crippen LogP contribution in [0.4, 0.5) is 5.82 Å². The molecular weight excluding hydrogens is 294 g/mol. The number of fused-ring (bicyclic) bond motifs is 1. The van der Waals surface area contributed by atoms with Gasteiger partial charge < -0.3 is 15.7 Å². The van der Waals surface area contributed by atoms with Crippen molar-refractivity contribution in [3.05, 3.63) is 23.4 Å². The van der Waals surface area contributed by atoms with E-state index in [2.05, 4.69) is 27.8 Å². The second-order valence-corrected chi connectivity index (χ2v) is 5.90. The van der Waals surface area contributed by atoms with E-state index in [-0.39, 0.29) is 12.3 Å². The maximum atomic E-state index is 11.6. The molecular formula is C17H25N3O3. The van der Waals surface area contributed by atoms with Gasteiger partial charge in [-0.1, -0.05) is 6.07 Å². The summed E-state index contributed by atoms with van der Waals surface area (Å²) in [5, 5.41) is 14.6. The average molecular weight is 319 g/mol. The summed E-state index contributed by atoms with van der Waals surface area (Å²) >= 11 is 0. The molecule has 0 saturated heterocycles. The van der Waals surface area contributed by atoms with E-state index in [0.717, 1.165) is 50.2 Å². The van der Waals surface area contributed by atoms with E-state index < -0.39 is 5.97 Å². The first-order valence-electron chi connectivity index (χ1n) is 8.36. The molecule has 0 fully saturated rings. The zero-order chi connectivity index (χ0) is 16.5. The summed E-state index contributed by atoms with van der Waals surface area (Å²) in [7, 11) is 0. The van der Waals surface area contributed by atoms with Gasteiger partial charge in [-0.2, -0.15) is 0 Å². The number of unbranched alkanes of at least 4 members (excludes halogenated alkanes) is 1. The third-order valence-electron chi connectivity index (χ3n) is 3.93. The van der Waals surface area contributed by atoms with Crippen LogP contribution in [0, 0.1) is 0 Å². The maximum absolute atomic E-state index is 11.6. The van der Waals surface area contributed by atoms with Crippen molar-refractivity contribution in [2.24, 2.45) is 0 Å². The van der Waals surface area contributed by atoms with Crippen LogP contribution in [0.1, 0.15) is 49.8 Å². The number of carboxylic acid groups (broad SMARTS) is 1. The van der Waals surface area contributed by atoms with Gasteiger partial charge in [0, 0.05) is 31.6 Å². The normalized spacial score (nSPS) is 13.0. The first-order chi connectivity index (χ1) is 11.1. The number of aryl methyl sites for hydroxylation is 2. The molecule has 0 spiro atoms. The number of aromatic nitrogens is 1. The zero-order valence-corrected chi connectivity index (χ0v) is 13.4. The van der Waals surface area contributed by atoms with Gasteiger partial charge in [0.15, 0.2) is 0 Å². The first kappa shape index (κ1) is 17.2. The predicted octanol–water partition coefficient (Wildman–Crippen LogP) is 2.13. The number of hydrogen-bond donors (Lipinski definition) is 3. The fourth-order valence-electron chi connectivity index (χ4n) is 2.66. The number of rotatable bonds is 9. The topological polar surface area (TPSA) is 91.3 Å². The monoisotopic (exact) mass is 319 g/mol. The Labute approximate surface area is 136 Å². The number of anilines is 1. The molecule has 6 heteroatoms. The van der Waals surface area contributed by atoms with E-state index in [1.54, 1.807) is 0 Å². The minimum Gasteiger partial charge on any atom is -0.481 e. The Bertz CT molecular complexity index is 546. The third-order valence-corrected chi connectivity index (χ3v) is 3.93. The van der Waals surface area contributed by atoms with Crippen LogP contribution in [-0.2, 0) is 22.4 Å². The van der Waals surface area contributed by atoms with E-state index in [9.17, 15) is 9.59 Å². The third kappa shape index (κ3) is 6.26. The number of carbonyl (C=O) groups excluding carboxylic acids is 1. The van der Waals surface area contributed by atoms with Crippen LogP contribution in [0.15, 0.2) is 12.1 Å². The van der Waals surface area contributed by atoms with Crippen LogP contribution >= 0.6 is 0 Å². The van der Waals surface area contributed by atoms with E-state index >= 15 is 0 Å². The number of pyridine rings is 1. The standard InChI is InChI=1S/C17H25N3O3/c21-15(18-11-4-8-16(22)23)7-2-1-6-14-10-9-13-5-3-12-19-17(13)20-14/h9-10H,1-8,11-12H2,(H,18,21)(H,19,20)(H,22,23). The van der Waals surface area contributed by atoms with E-state index in [4.69, 9.17) is 5.11 Å². The fraction of sp³-hybridized carbons (Fsp3) is 0.588. The Kier molecular flexibility index (Phi) is 6.84. The number of nitrogens with zero attached hydrogens (tertiary/aromatic N) is 1. The molecule has 0 bridgehead atoms. The number of nitrogens with one attached hydrogen (secondary N) is 2. The number of aliphatic carboxylic acids is 1. The van der Waals surface area contributed by atoms with E-state index in [0.29, 0.717) is 19.4 Å². The van der Waals surface area contributed by atoms with Gasteiger partial charge in [0.2, 0.25) is 5.91 Å². The molecule has 2 rings (SSSR count). The van der Waals surface area contributed by atoms with Crippen molar-refractivity contribution in [2.45, 2.75) is 51.4 Å². The minimum atomic E-state index is -0.828. The lowest BCUT2D eigenvalue weighted by Crippen LogP contribution is -2.24. The summed E-state index contributed by atoms with van der Waals surface area (Å²) in [5.41, 5.74) is 2.36. The number of amides is 1. The van der Waals surface area contributed by atoms with Crippen LogP contribution in [0.3, 0.4) is 0 Å². The van der Waals surface area contributed by atoms with Gasteiger partial charge in [0.05, 0.1) is 0 Å². The average Bonchev–Trinajstić information content (AvgIpc) is 2.55. The highest BCUT2D eigenvalue weighted by Gasteiger charge is 2.10. The van der Waals surface area contributed by atoms with Gasteiger partial charge in [-0.25, -0.2) is 4.98 Å². The molecule has 0 aromatic carbocycles. The second-order valence-electron chi connectivity index (χ2n) is 5.90. The molecule has 1 amide bonds. The number of hydrogen-bond acceptors (Lipinski definition) is 4. The van der Waals surface area contributed by atoms with Gasteiger partial charge >= 0.3 is 5.97 Å². The summed E-state index contributed by atoms with van der Waals surface area (Å²) < 4.78 is 0. The number of carbonyl (C=O) groups is 2. The molecule has 1 aliphatic rings. The van der Waals surface area contributed by atoms with Crippen LogP contribution in [0.5, 0.6) is 0 Å². The maximum Gasteiger partial charge on any atom is 0.303 e. The first-order valence-corrected chi connectivity index (χ1v) is 8.36. The summed E-state index contributed by atoms with van der Waals surface area (Å²) in [6.45, 7) is 1.43. The number of carboxylic acids is 1. The molecule has 0 atom stereocenters. The van der Waals surface area contributed by atoms with Crippen molar-refractivity contribution in [2.75, 3.05) is 18.4 Å². The summed E-state index contributed by atoms with van der Waals surface area (Å²) in [6.07, 6.45) is 5.93. The van der Waals surface area contributed by atoms with E-state index in [1.165, 1.54) is 5.56 Å². The van der Waals surface area contributed by atoms with Gasteiger partial charge in [-0.05, 0) is 50.2 Å². The van der Waals surface area contributed by atoms with Crippen molar-refractivity contribution >= 4 is 17.7 Å². The summed E-state index contributed by atoms with van der Waals surface area (Å²) in [6, 6.07) is 4.23. The Balaban J connectivity index is 1.60. The molecule has 0 saturated carbocycles. The van der Waals surface area contributed by atoms with Crippen molar-refractivity contribution in [1.82, 2.24) is 10.3 Å². The smallest absolute Gasteiger partial charge is 0.303 e. The van der Waals surface area contributed by atoms with Crippen LogP contribution in [0.2, 0.25) is 0 Å². The van der Waals surface area contributed by atoms with Crippen LogP contribution in [0.25, 0.3) is 0 Å².